The third-order valence-corrected chi connectivity index (χ3v) is 7.93. The highest BCUT2D eigenvalue weighted by molar-refractivity contribution is 7.11. The SMILES string of the molecule is COc1ccc(OC)c2nc(N3CCN(C(C)=O)CC3)c(CN(CC3CCCO3)C(=O)c3cncs3)cc12. The number of fused-ring (bicyclic) bond motifs is 1. The molecule has 2 amide bonds. The van der Waals surface area contributed by atoms with Crippen molar-refractivity contribution < 1.29 is 23.8 Å². The van der Waals surface area contributed by atoms with Gasteiger partial charge in [-0.15, -0.1) is 11.3 Å². The summed E-state index contributed by atoms with van der Waals surface area (Å²) < 4.78 is 17.2. The van der Waals surface area contributed by atoms with Crippen LogP contribution in [0.4, 0.5) is 5.82 Å². The Morgan fingerprint density at radius 3 is 2.55 bits per heavy atom. The first kappa shape index (κ1) is 26.2. The standard InChI is InChI=1S/C27H33N5O5S/c1-18(33)30-8-10-31(11-9-30)26-19(13-21-22(35-2)6-7-23(36-3)25(21)29-26)15-32(16-20-5-4-12-37-20)27(34)24-14-28-17-38-24/h6-7,13-14,17,20H,4-5,8-12,15-16H2,1-3H3. The molecule has 2 aromatic heterocycles. The fraction of sp³-hybridized carbons (Fsp3) is 0.481. The van der Waals surface area contributed by atoms with Gasteiger partial charge in [-0.2, -0.15) is 0 Å². The van der Waals surface area contributed by atoms with Gasteiger partial charge in [-0.25, -0.2) is 4.98 Å². The zero-order chi connectivity index (χ0) is 26.6. The molecule has 1 unspecified atom stereocenters. The normalized spacial score (nSPS) is 17.6. The summed E-state index contributed by atoms with van der Waals surface area (Å²) in [5, 5.41) is 0.815. The van der Waals surface area contributed by atoms with Crippen molar-refractivity contribution in [3.63, 3.8) is 0 Å². The van der Waals surface area contributed by atoms with Gasteiger partial charge >= 0.3 is 0 Å². The zero-order valence-electron chi connectivity index (χ0n) is 22.0. The Hall–Kier alpha value is -3.44. The number of carbonyl (C=O) groups excluding carboxylic acids is 2. The minimum atomic E-state index is -0.0759. The predicted molar refractivity (Wildman–Crippen MR) is 145 cm³/mol. The fourth-order valence-corrected chi connectivity index (χ4v) is 5.73. The highest BCUT2D eigenvalue weighted by atomic mass is 32.1. The lowest BCUT2D eigenvalue weighted by Gasteiger charge is -2.36. The number of carbonyl (C=O) groups is 2. The van der Waals surface area contributed by atoms with E-state index in [1.165, 1.54) is 11.3 Å². The zero-order valence-corrected chi connectivity index (χ0v) is 22.8. The molecule has 202 valence electrons. The number of benzene rings is 1. The third kappa shape index (κ3) is 5.39. The van der Waals surface area contributed by atoms with Gasteiger partial charge in [0.25, 0.3) is 5.91 Å². The molecule has 1 aromatic carbocycles. The summed E-state index contributed by atoms with van der Waals surface area (Å²) in [6.07, 6.45) is 3.53. The lowest BCUT2D eigenvalue weighted by molar-refractivity contribution is -0.129. The van der Waals surface area contributed by atoms with Gasteiger partial charge in [-0.3, -0.25) is 14.6 Å². The topological polar surface area (TPSA) is 97.3 Å². The number of rotatable bonds is 8. The summed E-state index contributed by atoms with van der Waals surface area (Å²) in [5.41, 5.74) is 3.27. The summed E-state index contributed by atoms with van der Waals surface area (Å²) in [7, 11) is 3.26. The molecule has 10 nitrogen and oxygen atoms in total. The van der Waals surface area contributed by atoms with Crippen molar-refractivity contribution in [2.75, 3.05) is 58.5 Å². The number of aromatic nitrogens is 2. The van der Waals surface area contributed by atoms with Gasteiger partial charge in [0.2, 0.25) is 5.91 Å². The van der Waals surface area contributed by atoms with Crippen molar-refractivity contribution in [2.24, 2.45) is 0 Å². The Bertz CT molecular complexity index is 1290. The molecule has 0 aliphatic carbocycles. The second-order valence-corrected chi connectivity index (χ2v) is 10.4. The molecule has 3 aromatic rings. The number of pyridine rings is 1. The van der Waals surface area contributed by atoms with Crippen molar-refractivity contribution in [2.45, 2.75) is 32.4 Å². The number of anilines is 1. The smallest absolute Gasteiger partial charge is 0.265 e. The number of hydrogen-bond acceptors (Lipinski definition) is 9. The van der Waals surface area contributed by atoms with E-state index in [-0.39, 0.29) is 17.9 Å². The van der Waals surface area contributed by atoms with Gasteiger partial charge < -0.3 is 28.9 Å². The van der Waals surface area contributed by atoms with Crippen LogP contribution in [0.3, 0.4) is 0 Å². The predicted octanol–water partition coefficient (Wildman–Crippen LogP) is 3.20. The highest BCUT2D eigenvalue weighted by Crippen LogP contribution is 2.36. The first-order valence-corrected chi connectivity index (χ1v) is 13.7. The summed E-state index contributed by atoms with van der Waals surface area (Å²) in [6, 6.07) is 5.77. The summed E-state index contributed by atoms with van der Waals surface area (Å²) in [6.45, 7) is 5.67. The molecule has 0 saturated carbocycles. The molecule has 38 heavy (non-hydrogen) atoms. The lowest BCUT2D eigenvalue weighted by Crippen LogP contribution is -2.48. The van der Waals surface area contributed by atoms with Crippen LogP contribution in [0.5, 0.6) is 11.5 Å². The monoisotopic (exact) mass is 539 g/mol. The maximum Gasteiger partial charge on any atom is 0.265 e. The molecule has 2 aliphatic heterocycles. The maximum absolute atomic E-state index is 13.6. The van der Waals surface area contributed by atoms with Crippen LogP contribution in [0.2, 0.25) is 0 Å². The first-order chi connectivity index (χ1) is 18.5. The maximum atomic E-state index is 13.6. The Labute approximate surface area is 226 Å². The molecule has 2 aliphatic rings. The van der Waals surface area contributed by atoms with Crippen molar-refractivity contribution in [3.8, 4) is 11.5 Å². The quantitative estimate of drug-likeness (QED) is 0.431. The van der Waals surface area contributed by atoms with E-state index in [2.05, 4.69) is 16.0 Å². The third-order valence-electron chi connectivity index (χ3n) is 7.17. The Kier molecular flexibility index (Phi) is 7.94. The van der Waals surface area contributed by atoms with Crippen LogP contribution < -0.4 is 14.4 Å². The molecular weight excluding hydrogens is 506 g/mol. The number of amides is 2. The van der Waals surface area contributed by atoms with Crippen molar-refractivity contribution in [1.29, 1.82) is 0 Å². The first-order valence-electron chi connectivity index (χ1n) is 12.8. The summed E-state index contributed by atoms with van der Waals surface area (Å²) >= 11 is 1.33. The molecule has 2 saturated heterocycles. The van der Waals surface area contributed by atoms with E-state index in [0.29, 0.717) is 67.8 Å². The molecule has 0 bridgehead atoms. The molecule has 0 spiro atoms. The molecular formula is C27H33N5O5S. The van der Waals surface area contributed by atoms with Crippen LogP contribution in [0.15, 0.2) is 29.9 Å². The van der Waals surface area contributed by atoms with Gasteiger partial charge in [0.1, 0.15) is 27.7 Å². The molecule has 0 N–H and O–H groups in total. The number of methoxy groups -OCH3 is 2. The van der Waals surface area contributed by atoms with Crippen molar-refractivity contribution in [1.82, 2.24) is 19.8 Å². The number of piperazine rings is 1. The largest absolute Gasteiger partial charge is 0.496 e. The molecule has 11 heteroatoms. The second-order valence-electron chi connectivity index (χ2n) is 9.52. The number of nitrogens with zero attached hydrogens (tertiary/aromatic N) is 5. The van der Waals surface area contributed by atoms with Crippen molar-refractivity contribution in [3.05, 3.63) is 40.3 Å². The number of ether oxygens (including phenoxy) is 3. The summed E-state index contributed by atoms with van der Waals surface area (Å²) in [4.78, 5) is 41.2. The summed E-state index contributed by atoms with van der Waals surface area (Å²) in [5.74, 6) is 2.10. The van der Waals surface area contributed by atoms with Crippen LogP contribution in [-0.2, 0) is 16.1 Å². The lowest BCUT2D eigenvalue weighted by atomic mass is 10.1. The van der Waals surface area contributed by atoms with E-state index in [9.17, 15) is 9.59 Å². The average molecular weight is 540 g/mol. The van der Waals surface area contributed by atoms with Crippen LogP contribution in [0.25, 0.3) is 10.9 Å². The highest BCUT2D eigenvalue weighted by Gasteiger charge is 2.28. The van der Waals surface area contributed by atoms with Crippen LogP contribution >= 0.6 is 11.3 Å². The molecule has 0 radical (unpaired) electrons. The van der Waals surface area contributed by atoms with Gasteiger partial charge in [0.15, 0.2) is 0 Å². The van der Waals surface area contributed by atoms with E-state index in [1.54, 1.807) is 32.9 Å². The number of thiazole rings is 1. The van der Waals surface area contributed by atoms with Gasteiger partial charge in [0, 0.05) is 63.7 Å². The van der Waals surface area contributed by atoms with Gasteiger partial charge in [-0.05, 0) is 31.0 Å². The van der Waals surface area contributed by atoms with Gasteiger partial charge in [0.05, 0.1) is 32.0 Å². The fourth-order valence-electron chi connectivity index (χ4n) is 5.14. The average Bonchev–Trinajstić information content (AvgIpc) is 3.66. The van der Waals surface area contributed by atoms with Crippen LogP contribution in [-0.4, -0.2) is 91.2 Å². The molecule has 2 fully saturated rings. The van der Waals surface area contributed by atoms with E-state index < -0.39 is 0 Å². The minimum absolute atomic E-state index is 0.00233. The van der Waals surface area contributed by atoms with Crippen molar-refractivity contribution >= 4 is 39.9 Å². The van der Waals surface area contributed by atoms with E-state index in [4.69, 9.17) is 19.2 Å². The van der Waals surface area contributed by atoms with Gasteiger partial charge in [-0.1, -0.05) is 0 Å². The van der Waals surface area contributed by atoms with Crippen LogP contribution in [0.1, 0.15) is 35.0 Å². The molecule has 4 heterocycles. The van der Waals surface area contributed by atoms with E-state index >= 15 is 0 Å². The number of hydrogen-bond donors (Lipinski definition) is 0. The molecule has 1 atom stereocenters. The van der Waals surface area contributed by atoms with E-state index in [0.717, 1.165) is 29.6 Å². The Morgan fingerprint density at radius 2 is 1.92 bits per heavy atom. The van der Waals surface area contributed by atoms with Crippen LogP contribution in [0, 0.1) is 0 Å². The minimum Gasteiger partial charge on any atom is -0.496 e. The Morgan fingerprint density at radius 1 is 1.16 bits per heavy atom. The van der Waals surface area contributed by atoms with E-state index in [1.807, 2.05) is 21.9 Å². The molecule has 5 rings (SSSR count). The Balaban J connectivity index is 1.57. The second kappa shape index (κ2) is 11.5.